The van der Waals surface area contributed by atoms with Gasteiger partial charge in [0.2, 0.25) is 0 Å². The van der Waals surface area contributed by atoms with E-state index in [0.29, 0.717) is 22.5 Å². The van der Waals surface area contributed by atoms with Crippen LogP contribution in [0.3, 0.4) is 0 Å². The average Bonchev–Trinajstić information content (AvgIpc) is 3.49. The maximum atomic E-state index is 4.96. The summed E-state index contributed by atoms with van der Waals surface area (Å²) < 4.78 is 1.17. The molecule has 1 heterocycles. The summed E-state index contributed by atoms with van der Waals surface area (Å²) in [5, 5.41) is 0. The molecule has 9 rings (SSSR count). The van der Waals surface area contributed by atoms with E-state index in [-0.39, 0.29) is 5.41 Å². The summed E-state index contributed by atoms with van der Waals surface area (Å²) in [6, 6.07) is 39.0. The number of nitrogens with zero attached hydrogens (tertiary/aromatic N) is 3. The Morgan fingerprint density at radius 2 is 1.05 bits per heavy atom. The quantitative estimate of drug-likeness (QED) is 0.203. The van der Waals surface area contributed by atoms with Crippen LogP contribution < -0.4 is 0 Å². The molecular formula is C37H30BrN3. The molecule has 0 amide bonds. The first-order valence-electron chi connectivity index (χ1n) is 14.8. The minimum atomic E-state index is 0.283. The van der Waals surface area contributed by atoms with Gasteiger partial charge in [0.15, 0.2) is 17.5 Å². The minimum absolute atomic E-state index is 0.283. The van der Waals surface area contributed by atoms with Crippen molar-refractivity contribution < 1.29 is 0 Å². The predicted octanol–water partition coefficient (Wildman–Crippen LogP) is 9.03. The zero-order valence-electron chi connectivity index (χ0n) is 22.8. The molecule has 0 saturated heterocycles. The molecule has 1 aromatic heterocycles. The second-order valence-corrected chi connectivity index (χ2v) is 13.8. The number of hydrogen-bond donors (Lipinski definition) is 0. The molecule has 3 nitrogen and oxygen atoms in total. The Morgan fingerprint density at radius 3 is 1.61 bits per heavy atom. The Morgan fingerprint density at radius 1 is 0.537 bits per heavy atom. The lowest BCUT2D eigenvalue weighted by Crippen LogP contribution is -2.69. The maximum Gasteiger partial charge on any atom is 0.164 e. The van der Waals surface area contributed by atoms with E-state index in [1.165, 1.54) is 42.1 Å². The predicted molar refractivity (Wildman–Crippen MR) is 166 cm³/mol. The molecule has 5 aromatic rings. The lowest BCUT2D eigenvalue weighted by atomic mass is 9.30. The zero-order valence-corrected chi connectivity index (χ0v) is 24.4. The monoisotopic (exact) mass is 595 g/mol. The molecule has 0 aliphatic heterocycles. The number of aromatic nitrogens is 3. The fourth-order valence-corrected chi connectivity index (χ4v) is 9.99. The highest BCUT2D eigenvalue weighted by Gasteiger charge is 2.84. The van der Waals surface area contributed by atoms with Crippen molar-refractivity contribution in [3.8, 4) is 34.2 Å². The fourth-order valence-electron chi connectivity index (χ4n) is 9.73. The summed E-state index contributed by atoms with van der Waals surface area (Å²) in [4.78, 5) is 14.8. The summed E-state index contributed by atoms with van der Waals surface area (Å²) in [5.74, 6) is 3.95. The van der Waals surface area contributed by atoms with Crippen LogP contribution in [-0.4, -0.2) is 15.0 Å². The van der Waals surface area contributed by atoms with E-state index in [4.69, 9.17) is 15.0 Å². The van der Waals surface area contributed by atoms with Crippen LogP contribution in [0.15, 0.2) is 114 Å². The molecule has 2 bridgehead atoms. The highest BCUT2D eigenvalue weighted by atomic mass is 79.9. The lowest BCUT2D eigenvalue weighted by Gasteiger charge is -2.73. The molecule has 4 aliphatic rings. The van der Waals surface area contributed by atoms with E-state index in [9.17, 15) is 0 Å². The number of hydrogen-bond acceptors (Lipinski definition) is 3. The molecule has 41 heavy (non-hydrogen) atoms. The molecule has 5 atom stereocenters. The van der Waals surface area contributed by atoms with Crippen LogP contribution >= 0.6 is 15.9 Å². The zero-order chi connectivity index (χ0) is 27.2. The van der Waals surface area contributed by atoms with Gasteiger partial charge in [0.25, 0.3) is 0 Å². The van der Waals surface area contributed by atoms with Crippen molar-refractivity contribution >= 4 is 15.9 Å². The summed E-state index contributed by atoms with van der Waals surface area (Å²) in [5.41, 5.74) is 7.30. The molecule has 5 unspecified atom stereocenters. The van der Waals surface area contributed by atoms with Crippen LogP contribution in [0.25, 0.3) is 34.2 Å². The van der Waals surface area contributed by atoms with Crippen LogP contribution in [-0.2, 0) is 10.8 Å². The van der Waals surface area contributed by atoms with Gasteiger partial charge < -0.3 is 0 Å². The Labute approximate surface area is 249 Å². The van der Waals surface area contributed by atoms with E-state index in [1.807, 2.05) is 36.4 Å². The van der Waals surface area contributed by atoms with Crippen molar-refractivity contribution in [1.82, 2.24) is 15.0 Å². The van der Waals surface area contributed by atoms with Crippen molar-refractivity contribution in [2.45, 2.75) is 42.9 Å². The van der Waals surface area contributed by atoms with Crippen molar-refractivity contribution in [1.29, 1.82) is 0 Å². The molecule has 200 valence electrons. The van der Waals surface area contributed by atoms with Crippen molar-refractivity contribution in [2.24, 2.45) is 17.3 Å². The lowest BCUT2D eigenvalue weighted by molar-refractivity contribution is -0.199. The van der Waals surface area contributed by atoms with E-state index in [1.54, 1.807) is 5.56 Å². The van der Waals surface area contributed by atoms with Crippen molar-refractivity contribution in [3.63, 3.8) is 0 Å². The van der Waals surface area contributed by atoms with E-state index in [0.717, 1.165) is 34.4 Å². The second-order valence-electron chi connectivity index (χ2n) is 12.9. The SMILES string of the molecule is Brc1ccc(C23CC4CC5CC(c6ccc(-c7nc(-c8ccccc8)nc(-c8ccccc8)n7)cc6)(C2)CC543)cc1. The van der Waals surface area contributed by atoms with Crippen LogP contribution in [0.1, 0.15) is 43.2 Å². The van der Waals surface area contributed by atoms with Crippen LogP contribution in [0.4, 0.5) is 0 Å². The summed E-state index contributed by atoms with van der Waals surface area (Å²) in [6.45, 7) is 0. The molecular weight excluding hydrogens is 566 g/mol. The summed E-state index contributed by atoms with van der Waals surface area (Å²) >= 11 is 3.66. The van der Waals surface area contributed by atoms with E-state index >= 15 is 0 Å². The number of halogens is 1. The number of benzene rings is 4. The normalized spacial score (nSPS) is 30.4. The van der Waals surface area contributed by atoms with Gasteiger partial charge in [-0.15, -0.1) is 0 Å². The first-order chi connectivity index (χ1) is 20.1. The molecule has 0 radical (unpaired) electrons. The number of fused-ring (bicyclic) bond motifs is 1. The van der Waals surface area contributed by atoms with Crippen LogP contribution in [0, 0.1) is 17.3 Å². The molecule has 1 spiro atoms. The highest BCUT2D eigenvalue weighted by Crippen LogP contribution is 2.89. The molecule has 0 N–H and O–H groups in total. The van der Waals surface area contributed by atoms with E-state index < -0.39 is 0 Å². The molecule has 4 aromatic carbocycles. The Balaban J connectivity index is 1.10. The topological polar surface area (TPSA) is 38.7 Å². The first kappa shape index (κ1) is 24.0. The Bertz CT molecular complexity index is 1730. The first-order valence-corrected chi connectivity index (χ1v) is 15.6. The van der Waals surface area contributed by atoms with Gasteiger partial charge in [0, 0.05) is 26.6 Å². The molecule has 4 heteroatoms. The van der Waals surface area contributed by atoms with Gasteiger partial charge in [-0.1, -0.05) is 113 Å². The largest absolute Gasteiger partial charge is 0.208 e. The second kappa shape index (κ2) is 8.45. The smallest absolute Gasteiger partial charge is 0.164 e. The van der Waals surface area contributed by atoms with E-state index in [2.05, 4.69) is 88.7 Å². The maximum absolute atomic E-state index is 4.96. The number of rotatable bonds is 5. The Kier molecular flexibility index (Phi) is 4.95. The summed E-state index contributed by atoms with van der Waals surface area (Å²) in [7, 11) is 0. The van der Waals surface area contributed by atoms with Gasteiger partial charge in [-0.25, -0.2) is 15.0 Å². The molecule has 4 fully saturated rings. The molecule has 4 aliphatic carbocycles. The third-order valence-electron chi connectivity index (χ3n) is 11.3. The highest BCUT2D eigenvalue weighted by molar-refractivity contribution is 9.10. The van der Waals surface area contributed by atoms with Gasteiger partial charge in [-0.05, 0) is 78.0 Å². The average molecular weight is 597 g/mol. The van der Waals surface area contributed by atoms with Crippen LogP contribution in [0.2, 0.25) is 0 Å². The Hall–Kier alpha value is -3.63. The van der Waals surface area contributed by atoms with Crippen molar-refractivity contribution in [3.05, 3.63) is 125 Å². The third-order valence-corrected chi connectivity index (χ3v) is 11.8. The molecule has 4 saturated carbocycles. The van der Waals surface area contributed by atoms with Gasteiger partial charge >= 0.3 is 0 Å². The van der Waals surface area contributed by atoms with Gasteiger partial charge in [-0.2, -0.15) is 0 Å². The van der Waals surface area contributed by atoms with Crippen molar-refractivity contribution in [2.75, 3.05) is 0 Å². The van der Waals surface area contributed by atoms with Gasteiger partial charge in [-0.3, -0.25) is 0 Å². The van der Waals surface area contributed by atoms with Gasteiger partial charge in [0.05, 0.1) is 0 Å². The van der Waals surface area contributed by atoms with Crippen LogP contribution in [0.5, 0.6) is 0 Å². The summed E-state index contributed by atoms with van der Waals surface area (Å²) in [6.07, 6.45) is 6.81. The van der Waals surface area contributed by atoms with Gasteiger partial charge in [0.1, 0.15) is 0 Å². The standard InChI is InChI=1S/C37H30BrN3/c38-31-17-15-28(16-18-31)36-21-30-19-29-20-35(22-36,23-37(29,30)36)27-13-11-26(12-14-27)34-40-32(24-7-3-1-4-8-24)39-33(41-34)25-9-5-2-6-10-25/h1-18,29-30H,19-23H2. The fraction of sp³-hybridized carbons (Fsp3) is 0.270. The third kappa shape index (κ3) is 3.23. The minimum Gasteiger partial charge on any atom is -0.208 e.